The van der Waals surface area contributed by atoms with Gasteiger partial charge in [-0.25, -0.2) is 9.74 Å². The molecule has 2 aliphatic carbocycles. The van der Waals surface area contributed by atoms with Gasteiger partial charge in [-0.2, -0.15) is 0 Å². The molecular weight excluding hydrogens is 151 g/mol. The highest BCUT2D eigenvalue weighted by molar-refractivity contribution is 5.80. The maximum absolute atomic E-state index is 10.0. The average Bonchev–Trinajstić information content (AvgIpc) is 2.61. The summed E-state index contributed by atoms with van der Waals surface area (Å²) in [7, 11) is 0. The maximum atomic E-state index is 10.0. The van der Waals surface area contributed by atoms with Crippen LogP contribution in [-0.4, -0.2) is 11.3 Å². The Labute approximate surface area is 61.9 Å². The predicted molar refractivity (Wildman–Crippen MR) is 35.7 cm³/mol. The Kier molecular flexibility index (Phi) is 2.06. The Hall–Kier alpha value is -1.58. The quantitative estimate of drug-likeness (QED) is 0.636. The van der Waals surface area contributed by atoms with Crippen LogP contribution in [0.3, 0.4) is 0 Å². The molecule has 0 atom stereocenters. The third-order valence-corrected chi connectivity index (χ3v) is 1.18. The minimum atomic E-state index is -1.91. The lowest BCUT2D eigenvalue weighted by Gasteiger charge is -1.70. The Bertz CT molecular complexity index is 255. The second-order valence-corrected chi connectivity index (χ2v) is 1.92. The van der Waals surface area contributed by atoms with E-state index in [2.05, 4.69) is 29.2 Å². The van der Waals surface area contributed by atoms with E-state index in [1.165, 1.54) is 11.1 Å². The van der Waals surface area contributed by atoms with Crippen LogP contribution in [0.25, 0.3) is 11.1 Å². The summed E-state index contributed by atoms with van der Waals surface area (Å²) in [6.07, 6.45) is -1.91. The van der Waals surface area contributed by atoms with Crippen molar-refractivity contribution >= 4 is 6.16 Å². The summed E-state index contributed by atoms with van der Waals surface area (Å²) in [5, 5.41) is 7.12. The monoisotopic (exact) mass is 156 g/mol. The summed E-state index contributed by atoms with van der Waals surface area (Å²) in [5.41, 5.74) is 2.85. The van der Waals surface area contributed by atoms with Crippen LogP contribution in [0.5, 0.6) is 0 Å². The number of rotatable bonds is 0. The molecule has 4 heteroatoms. The van der Waals surface area contributed by atoms with Gasteiger partial charge in [0.2, 0.25) is 0 Å². The van der Waals surface area contributed by atoms with Gasteiger partial charge >= 0.3 is 6.16 Å². The van der Waals surface area contributed by atoms with Crippen molar-refractivity contribution in [3.63, 3.8) is 0 Å². The average molecular weight is 156 g/mol. The molecule has 0 bridgehead atoms. The number of carbonyl (C=O) groups is 1. The summed E-state index contributed by atoms with van der Waals surface area (Å²) in [6, 6.07) is 8.48. The standard InChI is InChI=1S/C6H4.CHFO3/c1-2-5-4-6(5)3-1;2-5-1(3)4/h1-4H;(H,3,4). The number of carboxylic acid groups (broad SMARTS) is 1. The maximum Gasteiger partial charge on any atom is 0.542 e. The molecule has 0 aromatic carbocycles. The van der Waals surface area contributed by atoms with Crippen LogP contribution in [0, 0.1) is 0 Å². The first-order valence-electron chi connectivity index (χ1n) is 2.86. The van der Waals surface area contributed by atoms with E-state index in [-0.39, 0.29) is 0 Å². The fourth-order valence-electron chi connectivity index (χ4n) is 0.676. The van der Waals surface area contributed by atoms with Crippen LogP contribution in [-0.2, 0) is 4.94 Å². The summed E-state index contributed by atoms with van der Waals surface area (Å²) in [5.74, 6) is 0. The van der Waals surface area contributed by atoms with Crippen LogP contribution in [0.2, 0.25) is 0 Å². The van der Waals surface area contributed by atoms with Gasteiger partial charge in [-0.3, -0.25) is 0 Å². The number of halogens is 1. The van der Waals surface area contributed by atoms with Crippen molar-refractivity contribution in [2.45, 2.75) is 0 Å². The molecule has 0 amide bonds. The molecule has 0 saturated carbocycles. The van der Waals surface area contributed by atoms with E-state index >= 15 is 0 Å². The number of benzene rings is 1. The van der Waals surface area contributed by atoms with Crippen molar-refractivity contribution in [3.05, 3.63) is 24.3 Å². The highest BCUT2D eigenvalue weighted by Crippen LogP contribution is 2.32. The third kappa shape index (κ3) is 2.25. The van der Waals surface area contributed by atoms with Gasteiger partial charge in [0.25, 0.3) is 0 Å². The van der Waals surface area contributed by atoms with Crippen molar-refractivity contribution in [2.75, 3.05) is 0 Å². The van der Waals surface area contributed by atoms with Crippen LogP contribution in [0.4, 0.5) is 9.32 Å². The lowest BCUT2D eigenvalue weighted by atomic mass is 10.6. The largest absolute Gasteiger partial charge is 0.542 e. The predicted octanol–water partition coefficient (Wildman–Crippen LogP) is 2.23. The molecule has 0 fully saturated rings. The van der Waals surface area contributed by atoms with Crippen molar-refractivity contribution in [2.24, 2.45) is 0 Å². The Morgan fingerprint density at radius 1 is 1.45 bits per heavy atom. The van der Waals surface area contributed by atoms with Crippen LogP contribution in [0.1, 0.15) is 0 Å². The van der Waals surface area contributed by atoms with E-state index in [1.807, 2.05) is 0 Å². The van der Waals surface area contributed by atoms with E-state index in [4.69, 9.17) is 9.90 Å². The summed E-state index contributed by atoms with van der Waals surface area (Å²) in [6.45, 7) is 0. The Morgan fingerprint density at radius 3 is 2.00 bits per heavy atom. The summed E-state index contributed by atoms with van der Waals surface area (Å²) >= 11 is 0. The molecular formula is C7H5FO3. The van der Waals surface area contributed by atoms with Gasteiger partial charge in [0.1, 0.15) is 0 Å². The molecule has 0 aliphatic heterocycles. The molecule has 2 rings (SSSR count). The van der Waals surface area contributed by atoms with Gasteiger partial charge < -0.3 is 5.11 Å². The summed E-state index contributed by atoms with van der Waals surface area (Å²) < 4.78 is 10.0. The zero-order chi connectivity index (χ0) is 8.27. The normalized spacial score (nSPS) is 9.18. The topological polar surface area (TPSA) is 46.5 Å². The van der Waals surface area contributed by atoms with Gasteiger partial charge in [-0.1, -0.05) is 18.2 Å². The fourth-order valence-corrected chi connectivity index (χ4v) is 0.676. The zero-order valence-electron chi connectivity index (χ0n) is 5.45. The Balaban J connectivity index is 0.000000114. The van der Waals surface area contributed by atoms with E-state index in [0.717, 1.165) is 0 Å². The minimum absolute atomic E-state index is 1.43. The second kappa shape index (κ2) is 3.01. The van der Waals surface area contributed by atoms with Crippen LogP contribution in [0.15, 0.2) is 24.3 Å². The van der Waals surface area contributed by atoms with Gasteiger partial charge in [0, 0.05) is 4.53 Å². The molecule has 0 aromatic rings. The van der Waals surface area contributed by atoms with Crippen molar-refractivity contribution in [1.29, 1.82) is 0 Å². The van der Waals surface area contributed by atoms with Gasteiger partial charge in [0.15, 0.2) is 0 Å². The van der Waals surface area contributed by atoms with Crippen LogP contribution < -0.4 is 0 Å². The fraction of sp³-hybridized carbons (Fsp3) is 0. The van der Waals surface area contributed by atoms with E-state index in [0.29, 0.717) is 0 Å². The highest BCUT2D eigenvalue weighted by Gasteiger charge is 2.06. The smallest absolute Gasteiger partial charge is 0.448 e. The second-order valence-electron chi connectivity index (χ2n) is 1.92. The van der Waals surface area contributed by atoms with E-state index in [1.54, 1.807) is 0 Å². The lowest BCUT2D eigenvalue weighted by Crippen LogP contribution is -1.86. The molecule has 0 saturated heterocycles. The number of hydrogen-bond donors (Lipinski definition) is 1. The molecule has 11 heavy (non-hydrogen) atoms. The van der Waals surface area contributed by atoms with Crippen molar-refractivity contribution < 1.29 is 19.4 Å². The molecule has 2 aliphatic rings. The Morgan fingerprint density at radius 2 is 1.91 bits per heavy atom. The first-order valence-corrected chi connectivity index (χ1v) is 2.86. The molecule has 3 nitrogen and oxygen atoms in total. The van der Waals surface area contributed by atoms with Crippen LogP contribution >= 0.6 is 0 Å². The van der Waals surface area contributed by atoms with E-state index in [9.17, 15) is 4.53 Å². The molecule has 0 aromatic heterocycles. The number of hydrogen-bond acceptors (Lipinski definition) is 2. The molecule has 0 unspecified atom stereocenters. The van der Waals surface area contributed by atoms with Crippen molar-refractivity contribution in [1.82, 2.24) is 0 Å². The minimum Gasteiger partial charge on any atom is -0.448 e. The molecule has 0 spiro atoms. The molecule has 0 radical (unpaired) electrons. The van der Waals surface area contributed by atoms with E-state index < -0.39 is 6.16 Å². The third-order valence-electron chi connectivity index (χ3n) is 1.18. The highest BCUT2D eigenvalue weighted by atomic mass is 19.3. The SMILES string of the molecule is O=C(O)OF.c1cc2cc-2c1. The summed E-state index contributed by atoms with van der Waals surface area (Å²) in [4.78, 5) is 10.9. The van der Waals surface area contributed by atoms with Gasteiger partial charge in [-0.15, -0.1) is 0 Å². The first-order chi connectivity index (χ1) is 5.24. The van der Waals surface area contributed by atoms with Gasteiger partial charge in [-0.05, 0) is 17.2 Å². The first kappa shape index (κ1) is 7.53. The molecule has 58 valence electrons. The number of fused-ring (bicyclic) bond motifs is 1. The zero-order valence-corrected chi connectivity index (χ0v) is 5.45. The van der Waals surface area contributed by atoms with Gasteiger partial charge in [0.05, 0.1) is 0 Å². The van der Waals surface area contributed by atoms with Crippen molar-refractivity contribution in [3.8, 4) is 11.1 Å². The molecule has 1 N–H and O–H groups in total. The molecule has 0 heterocycles. The lowest BCUT2D eigenvalue weighted by molar-refractivity contribution is -0.0884.